The summed E-state index contributed by atoms with van der Waals surface area (Å²) < 4.78 is 34.0. The van der Waals surface area contributed by atoms with E-state index in [-0.39, 0.29) is 12.2 Å². The number of ether oxygens (including phenoxy) is 1. The van der Waals surface area contributed by atoms with E-state index >= 15 is 0 Å². The number of morpholine rings is 1. The highest BCUT2D eigenvalue weighted by atomic mass is 32.2. The van der Waals surface area contributed by atoms with Crippen LogP contribution in [0.3, 0.4) is 0 Å². The lowest BCUT2D eigenvalue weighted by Crippen LogP contribution is -2.52. The van der Waals surface area contributed by atoms with Crippen molar-refractivity contribution in [2.75, 3.05) is 19.6 Å². The van der Waals surface area contributed by atoms with Crippen LogP contribution in [0.5, 0.6) is 0 Å². The average molecular weight is 299 g/mol. The minimum Gasteiger partial charge on any atom is -0.373 e. The Labute approximate surface area is 120 Å². The monoisotopic (exact) mass is 299 g/mol. The van der Waals surface area contributed by atoms with E-state index < -0.39 is 10.2 Å². The fraction of sp³-hybridized carbons (Fsp3) is 0.615. The lowest BCUT2D eigenvalue weighted by molar-refractivity contribution is -0.0443. The van der Waals surface area contributed by atoms with Crippen molar-refractivity contribution in [3.63, 3.8) is 0 Å². The summed E-state index contributed by atoms with van der Waals surface area (Å²) in [7, 11) is -3.44. The molecule has 0 spiro atoms. The Morgan fingerprint density at radius 1 is 1.35 bits per heavy atom. The van der Waals surface area contributed by atoms with Gasteiger partial charge >= 0.3 is 0 Å². The first-order chi connectivity index (χ1) is 9.47. The van der Waals surface area contributed by atoms with Crippen molar-refractivity contribution in [3.05, 3.63) is 30.1 Å². The third-order valence-corrected chi connectivity index (χ3v) is 4.66. The largest absolute Gasteiger partial charge is 0.373 e. The molecule has 1 N–H and O–H groups in total. The molecule has 2 rings (SSSR count). The standard InChI is InChI=1S/C13H21N3O3S/c1-11-9-16(10-12(2)19-11)20(17,18)15-8-6-13-5-3-4-7-14-13/h3-5,7,11-12,15H,6,8-10H2,1-2H3/t11-,12-/m1/s1. The van der Waals surface area contributed by atoms with Crippen LogP contribution in [-0.4, -0.2) is 49.5 Å². The van der Waals surface area contributed by atoms with Crippen molar-refractivity contribution < 1.29 is 13.2 Å². The molecule has 1 aliphatic rings. The molecule has 1 aromatic rings. The molecule has 0 unspecified atom stereocenters. The van der Waals surface area contributed by atoms with Crippen molar-refractivity contribution in [2.45, 2.75) is 32.5 Å². The zero-order valence-corrected chi connectivity index (χ0v) is 12.6. The van der Waals surface area contributed by atoms with E-state index in [2.05, 4.69) is 9.71 Å². The third kappa shape index (κ3) is 4.24. The topological polar surface area (TPSA) is 71.5 Å². The molecular weight excluding hydrogens is 278 g/mol. The van der Waals surface area contributed by atoms with Crippen molar-refractivity contribution in [1.82, 2.24) is 14.0 Å². The Kier molecular flexibility index (Phi) is 5.09. The summed E-state index contributed by atoms with van der Waals surface area (Å²) >= 11 is 0. The van der Waals surface area contributed by atoms with Gasteiger partial charge in [0, 0.05) is 37.9 Å². The Hall–Kier alpha value is -1.02. The maximum atomic E-state index is 12.2. The van der Waals surface area contributed by atoms with E-state index in [9.17, 15) is 8.42 Å². The molecule has 0 aromatic carbocycles. The lowest BCUT2D eigenvalue weighted by Gasteiger charge is -2.34. The van der Waals surface area contributed by atoms with Gasteiger partial charge in [-0.3, -0.25) is 4.98 Å². The van der Waals surface area contributed by atoms with Crippen LogP contribution in [0.4, 0.5) is 0 Å². The number of aromatic nitrogens is 1. The van der Waals surface area contributed by atoms with Crippen molar-refractivity contribution in [3.8, 4) is 0 Å². The molecule has 112 valence electrons. The highest BCUT2D eigenvalue weighted by Gasteiger charge is 2.30. The Morgan fingerprint density at radius 3 is 2.65 bits per heavy atom. The number of rotatable bonds is 5. The molecule has 0 aliphatic carbocycles. The molecule has 0 bridgehead atoms. The van der Waals surface area contributed by atoms with Crippen LogP contribution in [0, 0.1) is 0 Å². The summed E-state index contributed by atoms with van der Waals surface area (Å²) in [6.45, 7) is 4.89. The number of hydrogen-bond donors (Lipinski definition) is 1. The summed E-state index contributed by atoms with van der Waals surface area (Å²) in [5.74, 6) is 0. The quantitative estimate of drug-likeness (QED) is 0.863. The van der Waals surface area contributed by atoms with Gasteiger partial charge in [-0.05, 0) is 26.0 Å². The lowest BCUT2D eigenvalue weighted by atomic mass is 10.3. The summed E-state index contributed by atoms with van der Waals surface area (Å²) in [5, 5.41) is 0. The molecule has 6 nitrogen and oxygen atoms in total. The van der Waals surface area contributed by atoms with Crippen LogP contribution in [0.15, 0.2) is 24.4 Å². The Bertz CT molecular complexity index is 511. The second-order valence-corrected chi connectivity index (χ2v) is 6.80. The van der Waals surface area contributed by atoms with Crippen LogP contribution in [0.2, 0.25) is 0 Å². The maximum Gasteiger partial charge on any atom is 0.279 e. The van der Waals surface area contributed by atoms with Gasteiger partial charge in [0.05, 0.1) is 12.2 Å². The molecule has 1 saturated heterocycles. The van der Waals surface area contributed by atoms with Crippen LogP contribution in [0.1, 0.15) is 19.5 Å². The molecule has 7 heteroatoms. The number of hydrogen-bond acceptors (Lipinski definition) is 4. The molecule has 0 amide bonds. The molecule has 20 heavy (non-hydrogen) atoms. The van der Waals surface area contributed by atoms with E-state index in [1.807, 2.05) is 32.0 Å². The zero-order chi connectivity index (χ0) is 14.6. The summed E-state index contributed by atoms with van der Waals surface area (Å²) in [5.41, 5.74) is 0.874. The second kappa shape index (κ2) is 6.62. The molecule has 1 aromatic heterocycles. The van der Waals surface area contributed by atoms with Crippen molar-refractivity contribution in [2.24, 2.45) is 0 Å². The second-order valence-electron chi connectivity index (χ2n) is 5.04. The highest BCUT2D eigenvalue weighted by molar-refractivity contribution is 7.87. The predicted octanol–water partition coefficient (Wildman–Crippen LogP) is 0.568. The molecule has 2 heterocycles. The van der Waals surface area contributed by atoms with E-state index in [4.69, 9.17) is 4.74 Å². The van der Waals surface area contributed by atoms with Crippen molar-refractivity contribution in [1.29, 1.82) is 0 Å². The molecule has 2 atom stereocenters. The SMILES string of the molecule is C[C@@H]1CN(S(=O)(=O)NCCc2ccccn2)C[C@@H](C)O1. The maximum absolute atomic E-state index is 12.2. The van der Waals surface area contributed by atoms with Gasteiger partial charge in [-0.15, -0.1) is 0 Å². The van der Waals surface area contributed by atoms with E-state index in [0.29, 0.717) is 26.1 Å². The summed E-state index contributed by atoms with van der Waals surface area (Å²) in [6, 6.07) is 5.61. The van der Waals surface area contributed by atoms with E-state index in [0.717, 1.165) is 5.69 Å². The van der Waals surface area contributed by atoms with Gasteiger partial charge in [0.2, 0.25) is 0 Å². The molecule has 0 radical (unpaired) electrons. The fourth-order valence-corrected chi connectivity index (χ4v) is 3.63. The van der Waals surface area contributed by atoms with Crippen LogP contribution < -0.4 is 4.72 Å². The minimum absolute atomic E-state index is 0.0777. The smallest absolute Gasteiger partial charge is 0.279 e. The first kappa shape index (κ1) is 15.4. The Balaban J connectivity index is 1.87. The van der Waals surface area contributed by atoms with Crippen LogP contribution in [0.25, 0.3) is 0 Å². The molecule has 1 fully saturated rings. The predicted molar refractivity (Wildman–Crippen MR) is 76.4 cm³/mol. The van der Waals surface area contributed by atoms with Crippen LogP contribution in [-0.2, 0) is 21.4 Å². The molecule has 0 saturated carbocycles. The number of pyridine rings is 1. The Morgan fingerprint density at radius 2 is 2.05 bits per heavy atom. The normalized spacial score (nSPS) is 24.7. The van der Waals surface area contributed by atoms with Crippen LogP contribution >= 0.6 is 0 Å². The van der Waals surface area contributed by atoms with Gasteiger partial charge in [-0.2, -0.15) is 12.7 Å². The first-order valence-electron chi connectivity index (χ1n) is 6.77. The summed E-state index contributed by atoms with van der Waals surface area (Å²) in [6.07, 6.45) is 2.13. The first-order valence-corrected chi connectivity index (χ1v) is 8.21. The third-order valence-electron chi connectivity index (χ3n) is 3.12. The van der Waals surface area contributed by atoms with Gasteiger partial charge in [0.25, 0.3) is 10.2 Å². The number of nitrogens with one attached hydrogen (secondary N) is 1. The van der Waals surface area contributed by atoms with Gasteiger partial charge in [-0.25, -0.2) is 4.72 Å². The molecular formula is C13H21N3O3S. The highest BCUT2D eigenvalue weighted by Crippen LogP contribution is 2.13. The minimum atomic E-state index is -3.44. The van der Waals surface area contributed by atoms with Gasteiger partial charge < -0.3 is 4.74 Å². The zero-order valence-electron chi connectivity index (χ0n) is 11.8. The van der Waals surface area contributed by atoms with Gasteiger partial charge in [0.15, 0.2) is 0 Å². The van der Waals surface area contributed by atoms with E-state index in [1.165, 1.54) is 4.31 Å². The summed E-state index contributed by atoms with van der Waals surface area (Å²) in [4.78, 5) is 4.17. The number of nitrogens with zero attached hydrogens (tertiary/aromatic N) is 2. The van der Waals surface area contributed by atoms with Gasteiger partial charge in [0.1, 0.15) is 0 Å². The van der Waals surface area contributed by atoms with Crippen molar-refractivity contribution >= 4 is 10.2 Å². The van der Waals surface area contributed by atoms with Gasteiger partial charge in [-0.1, -0.05) is 6.07 Å². The average Bonchev–Trinajstić information content (AvgIpc) is 2.38. The van der Waals surface area contributed by atoms with E-state index in [1.54, 1.807) is 6.20 Å². The molecule has 1 aliphatic heterocycles. The fourth-order valence-electron chi connectivity index (χ4n) is 2.27.